The van der Waals surface area contributed by atoms with Crippen LogP contribution in [0.2, 0.25) is 0 Å². The van der Waals surface area contributed by atoms with Crippen molar-refractivity contribution in [3.05, 3.63) is 64.3 Å². The highest BCUT2D eigenvalue weighted by Crippen LogP contribution is 2.24. The molecular weight excluding hydrogens is 550 g/mol. The van der Waals surface area contributed by atoms with E-state index in [1.807, 2.05) is 51.1 Å². The minimum Gasteiger partial charge on any atom is -0.377 e. The maximum absolute atomic E-state index is 13.3. The molecule has 228 valence electrons. The van der Waals surface area contributed by atoms with Gasteiger partial charge in [-0.3, -0.25) is 14.4 Å². The highest BCUT2D eigenvalue weighted by molar-refractivity contribution is 7.13. The lowest BCUT2D eigenvalue weighted by atomic mass is 9.80. The summed E-state index contributed by atoms with van der Waals surface area (Å²) in [4.78, 5) is 42.7. The third-order valence-corrected chi connectivity index (χ3v) is 6.77. The maximum Gasteiger partial charge on any atom is 0.345 e. The van der Waals surface area contributed by atoms with Crippen molar-refractivity contribution >= 4 is 28.9 Å². The standard InChI is InChI=1S/C26H34F2N4O4S.C4H10/c1-6-26(4,5)22(33)19(12-18-10-8-7-9-11-18)31-16(2)13-30-23(34)20(15-36-25(27)28)32-24(35)21-14-29-17(3)37-21;1-4(2)3/h7-11,14,19-20,25,31H,2,6,12-13,15H2,1,3-5H3,(H,30,34)(H,32,35);4H,1-3H3. The number of amides is 2. The smallest absolute Gasteiger partial charge is 0.345 e. The number of nitrogens with one attached hydrogen (secondary N) is 3. The van der Waals surface area contributed by atoms with Gasteiger partial charge < -0.3 is 20.7 Å². The molecule has 2 aromatic rings. The fourth-order valence-corrected chi connectivity index (χ4v) is 4.05. The Morgan fingerprint density at radius 2 is 1.68 bits per heavy atom. The van der Waals surface area contributed by atoms with Gasteiger partial charge in [0.2, 0.25) is 5.91 Å². The molecule has 0 fully saturated rings. The number of carbonyl (C=O) groups is 3. The number of aryl methyl sites for hydroxylation is 1. The summed E-state index contributed by atoms with van der Waals surface area (Å²) < 4.78 is 29.5. The molecule has 1 aromatic carbocycles. The van der Waals surface area contributed by atoms with Gasteiger partial charge in [0.15, 0.2) is 5.78 Å². The van der Waals surface area contributed by atoms with Crippen LogP contribution >= 0.6 is 11.3 Å². The number of benzene rings is 1. The van der Waals surface area contributed by atoms with Crippen molar-refractivity contribution in [2.24, 2.45) is 11.3 Å². The number of hydrogen-bond acceptors (Lipinski definition) is 7. The summed E-state index contributed by atoms with van der Waals surface area (Å²) >= 11 is 1.11. The van der Waals surface area contributed by atoms with Crippen LogP contribution in [0, 0.1) is 18.3 Å². The van der Waals surface area contributed by atoms with Crippen LogP contribution in [-0.2, 0) is 20.7 Å². The second-order valence-electron chi connectivity index (χ2n) is 10.9. The summed E-state index contributed by atoms with van der Waals surface area (Å²) in [7, 11) is 0. The van der Waals surface area contributed by atoms with Gasteiger partial charge in [-0.1, -0.05) is 78.5 Å². The van der Waals surface area contributed by atoms with Crippen molar-refractivity contribution in [1.29, 1.82) is 0 Å². The van der Waals surface area contributed by atoms with Crippen LogP contribution in [0.3, 0.4) is 0 Å². The number of hydrogen-bond donors (Lipinski definition) is 3. The van der Waals surface area contributed by atoms with Gasteiger partial charge in [-0.2, -0.15) is 8.78 Å². The van der Waals surface area contributed by atoms with E-state index in [-0.39, 0.29) is 17.2 Å². The Labute approximate surface area is 246 Å². The van der Waals surface area contributed by atoms with Crippen molar-refractivity contribution in [2.75, 3.05) is 13.2 Å². The molecule has 0 aliphatic rings. The van der Waals surface area contributed by atoms with Gasteiger partial charge >= 0.3 is 6.61 Å². The molecule has 1 heterocycles. The Bertz CT molecular complexity index is 1120. The van der Waals surface area contributed by atoms with E-state index in [4.69, 9.17) is 0 Å². The number of thiazole rings is 1. The van der Waals surface area contributed by atoms with E-state index in [1.54, 1.807) is 6.92 Å². The molecule has 0 saturated heterocycles. The van der Waals surface area contributed by atoms with E-state index in [1.165, 1.54) is 6.20 Å². The predicted octanol–water partition coefficient (Wildman–Crippen LogP) is 5.29. The average Bonchev–Trinajstić information content (AvgIpc) is 3.35. The Balaban J connectivity index is 0.00000196. The maximum atomic E-state index is 13.3. The number of rotatable bonds is 15. The summed E-state index contributed by atoms with van der Waals surface area (Å²) in [5, 5.41) is 8.72. The quantitative estimate of drug-likeness (QED) is 0.259. The highest BCUT2D eigenvalue weighted by atomic mass is 32.1. The van der Waals surface area contributed by atoms with Gasteiger partial charge in [0.05, 0.1) is 30.4 Å². The molecule has 8 nitrogen and oxygen atoms in total. The zero-order valence-electron chi connectivity index (χ0n) is 25.1. The van der Waals surface area contributed by atoms with E-state index in [2.05, 4.69) is 53.0 Å². The second kappa shape index (κ2) is 17.6. The number of Topliss-reactive ketones (excluding diaryl/α,β-unsaturated/α-hetero) is 1. The first-order valence-corrected chi connectivity index (χ1v) is 14.4. The summed E-state index contributed by atoms with van der Waals surface area (Å²) in [5.74, 6) is -0.532. The molecule has 0 aliphatic carbocycles. The van der Waals surface area contributed by atoms with E-state index in [9.17, 15) is 23.2 Å². The number of halogens is 2. The first-order valence-electron chi connectivity index (χ1n) is 13.6. The number of ketones is 1. The van der Waals surface area contributed by atoms with E-state index in [0.717, 1.165) is 22.8 Å². The number of ether oxygens (including phenoxy) is 1. The second-order valence-corrected chi connectivity index (χ2v) is 12.1. The molecule has 2 rings (SSSR count). The molecule has 2 amide bonds. The molecule has 0 spiro atoms. The Morgan fingerprint density at radius 3 is 2.20 bits per heavy atom. The summed E-state index contributed by atoms with van der Waals surface area (Å²) in [5.41, 5.74) is 0.738. The summed E-state index contributed by atoms with van der Waals surface area (Å²) in [6.07, 6.45) is 2.41. The topological polar surface area (TPSA) is 109 Å². The fourth-order valence-electron chi connectivity index (χ4n) is 3.37. The van der Waals surface area contributed by atoms with Crippen LogP contribution < -0.4 is 16.0 Å². The van der Waals surface area contributed by atoms with Crippen LogP contribution in [0.5, 0.6) is 0 Å². The van der Waals surface area contributed by atoms with Gasteiger partial charge in [0.1, 0.15) is 10.9 Å². The minimum absolute atomic E-state index is 0.00153. The molecular formula is C30H44F2N4O4S. The molecule has 2 unspecified atom stereocenters. The monoisotopic (exact) mass is 594 g/mol. The lowest BCUT2D eigenvalue weighted by Crippen LogP contribution is -2.51. The number of aromatic nitrogens is 1. The third-order valence-electron chi connectivity index (χ3n) is 5.86. The van der Waals surface area contributed by atoms with Crippen LogP contribution in [0.25, 0.3) is 0 Å². The number of nitrogens with zero attached hydrogens (tertiary/aromatic N) is 1. The summed E-state index contributed by atoms with van der Waals surface area (Å²) in [6, 6.07) is 7.55. The minimum atomic E-state index is -3.11. The molecule has 11 heteroatoms. The Kier molecular flexibility index (Phi) is 15.4. The van der Waals surface area contributed by atoms with Crippen LogP contribution in [-0.4, -0.2) is 54.4 Å². The van der Waals surface area contributed by atoms with Gasteiger partial charge in [0, 0.05) is 11.1 Å². The molecule has 0 radical (unpaired) electrons. The molecule has 41 heavy (non-hydrogen) atoms. The molecule has 2 atom stereocenters. The van der Waals surface area contributed by atoms with Gasteiger partial charge in [-0.15, -0.1) is 11.3 Å². The number of alkyl halides is 2. The van der Waals surface area contributed by atoms with Crippen molar-refractivity contribution in [3.63, 3.8) is 0 Å². The average molecular weight is 595 g/mol. The highest BCUT2D eigenvalue weighted by Gasteiger charge is 2.32. The molecule has 1 aromatic heterocycles. The zero-order chi connectivity index (χ0) is 31.2. The molecule has 0 aliphatic heterocycles. The van der Waals surface area contributed by atoms with Crippen molar-refractivity contribution in [2.45, 2.75) is 80.0 Å². The SMILES string of the molecule is C=C(CNC(=O)C(COC(F)F)NC(=O)c1cnc(C)s1)NC(Cc1ccccc1)C(=O)C(C)(C)CC.CC(C)C. The van der Waals surface area contributed by atoms with Gasteiger partial charge in [-0.25, -0.2) is 4.98 Å². The van der Waals surface area contributed by atoms with E-state index < -0.39 is 42.5 Å². The summed E-state index contributed by atoms with van der Waals surface area (Å²) in [6.45, 7) is 13.9. The van der Waals surface area contributed by atoms with Gasteiger partial charge in [-0.05, 0) is 31.2 Å². The van der Waals surface area contributed by atoms with Crippen molar-refractivity contribution < 1.29 is 27.9 Å². The predicted molar refractivity (Wildman–Crippen MR) is 159 cm³/mol. The normalized spacial score (nSPS) is 12.7. The molecule has 0 bridgehead atoms. The van der Waals surface area contributed by atoms with Crippen molar-refractivity contribution in [1.82, 2.24) is 20.9 Å². The lowest BCUT2D eigenvalue weighted by molar-refractivity contribution is -0.143. The van der Waals surface area contributed by atoms with Gasteiger partial charge in [0.25, 0.3) is 5.91 Å². The van der Waals surface area contributed by atoms with E-state index >= 15 is 0 Å². The molecule has 0 saturated carbocycles. The first kappa shape index (κ1) is 35.8. The zero-order valence-corrected chi connectivity index (χ0v) is 25.9. The largest absolute Gasteiger partial charge is 0.377 e. The number of carbonyl (C=O) groups excluding carboxylic acids is 3. The lowest BCUT2D eigenvalue weighted by Gasteiger charge is -2.29. The van der Waals surface area contributed by atoms with E-state index in [0.29, 0.717) is 23.5 Å². The Morgan fingerprint density at radius 1 is 1.07 bits per heavy atom. The fraction of sp³-hybridized carbons (Fsp3) is 0.533. The van der Waals surface area contributed by atoms with Crippen LogP contribution in [0.15, 0.2) is 48.8 Å². The van der Waals surface area contributed by atoms with Crippen LogP contribution in [0.4, 0.5) is 8.78 Å². The third kappa shape index (κ3) is 13.8. The molecule has 3 N–H and O–H groups in total. The first-order chi connectivity index (χ1) is 19.2. The van der Waals surface area contributed by atoms with Crippen LogP contribution in [0.1, 0.15) is 68.2 Å². The Hall–Kier alpha value is -3.18. The van der Waals surface area contributed by atoms with Crippen molar-refractivity contribution in [3.8, 4) is 0 Å².